The Morgan fingerprint density at radius 1 is 1.35 bits per heavy atom. The fraction of sp³-hybridized carbons (Fsp3) is 0.444. The molecule has 138 valence electrons. The first-order chi connectivity index (χ1) is 12.5. The second-order valence-corrected chi connectivity index (χ2v) is 6.50. The Balaban J connectivity index is 1.84. The average molecular weight is 359 g/mol. The number of aliphatic carboxylic acids is 1. The molecule has 0 radical (unpaired) electrons. The largest absolute Gasteiger partial charge is 0.481 e. The number of aromatic nitrogens is 2. The number of morpholine rings is 1. The number of carbonyl (C=O) groups is 2. The Morgan fingerprint density at radius 2 is 2.12 bits per heavy atom. The van der Waals surface area contributed by atoms with E-state index in [-0.39, 0.29) is 24.8 Å². The Kier molecular flexibility index (Phi) is 5.32. The van der Waals surface area contributed by atoms with E-state index in [2.05, 4.69) is 10.1 Å². The van der Waals surface area contributed by atoms with E-state index in [1.54, 1.807) is 29.2 Å². The van der Waals surface area contributed by atoms with Crippen molar-refractivity contribution >= 4 is 11.9 Å². The van der Waals surface area contributed by atoms with Gasteiger partial charge in [0.2, 0.25) is 0 Å². The van der Waals surface area contributed by atoms with E-state index < -0.39 is 12.1 Å². The lowest BCUT2D eigenvalue weighted by atomic mass is 10.1. The van der Waals surface area contributed by atoms with Crippen LogP contribution in [0.15, 0.2) is 28.8 Å². The molecule has 1 aromatic heterocycles. The summed E-state index contributed by atoms with van der Waals surface area (Å²) in [4.78, 5) is 29.9. The van der Waals surface area contributed by atoms with Crippen LogP contribution in [0, 0.1) is 0 Å². The minimum absolute atomic E-state index is 0.117. The predicted octanol–water partition coefficient (Wildman–Crippen LogP) is 2.18. The first-order valence-corrected chi connectivity index (χ1v) is 8.51. The number of hydrogen-bond donors (Lipinski definition) is 1. The van der Waals surface area contributed by atoms with Gasteiger partial charge in [-0.15, -0.1) is 0 Å². The molecule has 8 heteroatoms. The lowest BCUT2D eigenvalue weighted by Crippen LogP contribution is -2.46. The van der Waals surface area contributed by atoms with Crippen LogP contribution in [0.2, 0.25) is 0 Å². The smallest absolute Gasteiger partial charge is 0.306 e. The van der Waals surface area contributed by atoms with Crippen LogP contribution in [-0.2, 0) is 9.53 Å². The van der Waals surface area contributed by atoms with Crippen LogP contribution < -0.4 is 0 Å². The highest BCUT2D eigenvalue weighted by Crippen LogP contribution is 2.25. The lowest BCUT2D eigenvalue weighted by molar-refractivity contribution is -0.141. The lowest BCUT2D eigenvalue weighted by Gasteiger charge is -2.32. The highest BCUT2D eigenvalue weighted by Gasteiger charge is 2.28. The zero-order valence-corrected chi connectivity index (χ0v) is 14.7. The van der Waals surface area contributed by atoms with Crippen molar-refractivity contribution in [2.24, 2.45) is 0 Å². The maximum Gasteiger partial charge on any atom is 0.306 e. The Labute approximate surface area is 150 Å². The van der Waals surface area contributed by atoms with Crippen LogP contribution >= 0.6 is 0 Å². The van der Waals surface area contributed by atoms with Gasteiger partial charge < -0.3 is 19.3 Å². The molecule has 8 nitrogen and oxygen atoms in total. The van der Waals surface area contributed by atoms with Crippen LogP contribution in [0.5, 0.6) is 0 Å². The van der Waals surface area contributed by atoms with Gasteiger partial charge in [-0.2, -0.15) is 4.98 Å². The molecule has 2 aromatic rings. The fourth-order valence-corrected chi connectivity index (χ4v) is 2.83. The third-order valence-electron chi connectivity index (χ3n) is 4.17. The molecule has 1 aliphatic rings. The van der Waals surface area contributed by atoms with Crippen molar-refractivity contribution < 1.29 is 24.0 Å². The molecule has 0 saturated carbocycles. The topological polar surface area (TPSA) is 106 Å². The Morgan fingerprint density at radius 3 is 2.81 bits per heavy atom. The van der Waals surface area contributed by atoms with Gasteiger partial charge in [-0.1, -0.05) is 31.1 Å². The summed E-state index contributed by atoms with van der Waals surface area (Å²) in [6, 6.07) is 7.04. The van der Waals surface area contributed by atoms with Gasteiger partial charge >= 0.3 is 5.97 Å². The van der Waals surface area contributed by atoms with Crippen LogP contribution in [0.1, 0.15) is 42.4 Å². The SMILES string of the molecule is CC(C)c1noc(-c2ccccc2C(=O)N2CCOC(CC(=O)O)C2)n1. The van der Waals surface area contributed by atoms with Crippen molar-refractivity contribution in [3.63, 3.8) is 0 Å². The van der Waals surface area contributed by atoms with Gasteiger partial charge in [0.05, 0.1) is 30.3 Å². The number of carbonyl (C=O) groups excluding carboxylic acids is 1. The number of rotatable bonds is 5. The molecule has 1 aromatic carbocycles. The second kappa shape index (κ2) is 7.65. The Hall–Kier alpha value is -2.74. The van der Waals surface area contributed by atoms with Crippen LogP contribution in [0.3, 0.4) is 0 Å². The molecular formula is C18H21N3O5. The number of benzene rings is 1. The highest BCUT2D eigenvalue weighted by atomic mass is 16.5. The van der Waals surface area contributed by atoms with E-state index in [0.29, 0.717) is 36.0 Å². The standard InChI is InChI=1S/C18H21N3O5/c1-11(2)16-19-17(26-20-16)13-5-3-4-6-14(13)18(24)21-7-8-25-12(10-21)9-15(22)23/h3-6,11-12H,7-10H2,1-2H3,(H,22,23). The maximum atomic E-state index is 13.0. The van der Waals surface area contributed by atoms with E-state index in [4.69, 9.17) is 14.4 Å². The molecule has 1 aliphatic heterocycles. The van der Waals surface area contributed by atoms with Crippen LogP contribution in [0.4, 0.5) is 0 Å². The van der Waals surface area contributed by atoms with Crippen molar-refractivity contribution in [2.75, 3.05) is 19.7 Å². The summed E-state index contributed by atoms with van der Waals surface area (Å²) in [5, 5.41) is 12.9. The average Bonchev–Trinajstić information content (AvgIpc) is 3.11. The van der Waals surface area contributed by atoms with Gasteiger partial charge in [0.1, 0.15) is 0 Å². The van der Waals surface area contributed by atoms with Gasteiger partial charge in [0, 0.05) is 19.0 Å². The molecule has 2 heterocycles. The first-order valence-electron chi connectivity index (χ1n) is 8.51. The summed E-state index contributed by atoms with van der Waals surface area (Å²) in [7, 11) is 0. The molecule has 1 unspecified atom stereocenters. The van der Waals surface area contributed by atoms with Crippen LogP contribution in [0.25, 0.3) is 11.5 Å². The molecule has 0 aliphatic carbocycles. The number of carboxylic acid groups (broad SMARTS) is 1. The van der Waals surface area contributed by atoms with E-state index in [1.165, 1.54) is 0 Å². The zero-order chi connectivity index (χ0) is 18.7. The van der Waals surface area contributed by atoms with Crippen molar-refractivity contribution in [3.05, 3.63) is 35.7 Å². The molecule has 1 saturated heterocycles. The summed E-state index contributed by atoms with van der Waals surface area (Å²) in [5.74, 6) is -0.158. The van der Waals surface area contributed by atoms with E-state index in [0.717, 1.165) is 0 Å². The molecule has 0 bridgehead atoms. The summed E-state index contributed by atoms with van der Waals surface area (Å²) >= 11 is 0. The van der Waals surface area contributed by atoms with Crippen molar-refractivity contribution in [1.29, 1.82) is 0 Å². The predicted molar refractivity (Wildman–Crippen MR) is 91.7 cm³/mol. The van der Waals surface area contributed by atoms with Crippen molar-refractivity contribution in [1.82, 2.24) is 15.0 Å². The monoisotopic (exact) mass is 359 g/mol. The molecule has 26 heavy (non-hydrogen) atoms. The molecular weight excluding hydrogens is 338 g/mol. The molecule has 3 rings (SSSR count). The fourth-order valence-electron chi connectivity index (χ4n) is 2.83. The number of ether oxygens (including phenoxy) is 1. The van der Waals surface area contributed by atoms with Crippen LogP contribution in [-0.4, -0.2) is 57.8 Å². The normalized spacial score (nSPS) is 17.5. The number of hydrogen-bond acceptors (Lipinski definition) is 6. The van der Waals surface area contributed by atoms with Gasteiger partial charge in [-0.25, -0.2) is 0 Å². The molecule has 1 N–H and O–H groups in total. The molecule has 0 spiro atoms. The third kappa shape index (κ3) is 3.91. The zero-order valence-electron chi connectivity index (χ0n) is 14.7. The van der Waals surface area contributed by atoms with Crippen molar-refractivity contribution in [2.45, 2.75) is 32.3 Å². The van der Waals surface area contributed by atoms with Gasteiger partial charge in [-0.05, 0) is 12.1 Å². The van der Waals surface area contributed by atoms with E-state index >= 15 is 0 Å². The summed E-state index contributed by atoms with van der Waals surface area (Å²) < 4.78 is 10.8. The number of carboxylic acids is 1. The van der Waals surface area contributed by atoms with Gasteiger partial charge in [-0.3, -0.25) is 9.59 Å². The van der Waals surface area contributed by atoms with Gasteiger partial charge in [0.15, 0.2) is 5.82 Å². The molecule has 1 amide bonds. The maximum absolute atomic E-state index is 13.0. The highest BCUT2D eigenvalue weighted by molar-refractivity contribution is 6.00. The molecule has 1 atom stereocenters. The minimum atomic E-state index is -0.947. The Bertz CT molecular complexity index is 802. The quantitative estimate of drug-likeness (QED) is 0.872. The van der Waals surface area contributed by atoms with E-state index in [1.807, 2.05) is 13.8 Å². The van der Waals surface area contributed by atoms with Gasteiger partial charge in [0.25, 0.3) is 11.8 Å². The minimum Gasteiger partial charge on any atom is -0.481 e. The number of amides is 1. The van der Waals surface area contributed by atoms with E-state index in [9.17, 15) is 9.59 Å². The summed E-state index contributed by atoms with van der Waals surface area (Å²) in [6.45, 7) is 4.87. The first kappa shape index (κ1) is 18.1. The summed E-state index contributed by atoms with van der Waals surface area (Å²) in [6.07, 6.45) is -0.638. The third-order valence-corrected chi connectivity index (χ3v) is 4.17. The summed E-state index contributed by atoms with van der Waals surface area (Å²) in [5.41, 5.74) is 1.01. The van der Waals surface area contributed by atoms with Crippen molar-refractivity contribution in [3.8, 4) is 11.5 Å². The second-order valence-electron chi connectivity index (χ2n) is 6.50. The number of nitrogens with zero attached hydrogens (tertiary/aromatic N) is 3. The molecule has 1 fully saturated rings.